The van der Waals surface area contributed by atoms with E-state index in [0.29, 0.717) is 5.16 Å². The largest absolute Gasteiger partial charge is 0.0903 e. The van der Waals surface area contributed by atoms with Gasteiger partial charge < -0.3 is 0 Å². The van der Waals surface area contributed by atoms with Crippen LogP contribution >= 0.6 is 7.92 Å². The van der Waals surface area contributed by atoms with E-state index < -0.39 is 0 Å². The van der Waals surface area contributed by atoms with Crippen molar-refractivity contribution in [2.45, 2.75) is 108 Å². The minimum atomic E-state index is 0.122. The van der Waals surface area contributed by atoms with Gasteiger partial charge in [-0.05, 0) is 98.7 Å². The standard InChI is InChI=1S/C25H41P/c1-4-5-9-26(25-8-6-7-19(16-25)10-18(2)14-25)24(3)15-20-11-21-13-22(17-24)23(21)12-20/h17-21,23H,4-16H2,1-3H3. The van der Waals surface area contributed by atoms with Crippen molar-refractivity contribution in [2.75, 3.05) is 6.16 Å². The summed E-state index contributed by atoms with van der Waals surface area (Å²) in [6, 6.07) is 0. The molecule has 4 bridgehead atoms. The first-order valence-electron chi connectivity index (χ1n) is 12.0. The van der Waals surface area contributed by atoms with Crippen molar-refractivity contribution in [3.63, 3.8) is 0 Å². The molecule has 0 aromatic carbocycles. The van der Waals surface area contributed by atoms with E-state index >= 15 is 0 Å². The molecule has 0 aromatic rings. The molecule has 5 aliphatic rings. The molecule has 0 amide bonds. The number of unbranched alkanes of at least 4 members (excludes halogenated alkanes) is 1. The number of hydrogen-bond acceptors (Lipinski definition) is 0. The average Bonchev–Trinajstić information content (AvgIpc) is 2.81. The molecule has 0 heterocycles. The highest BCUT2D eigenvalue weighted by atomic mass is 31.1. The van der Waals surface area contributed by atoms with Crippen LogP contribution in [0.2, 0.25) is 0 Å². The first-order chi connectivity index (χ1) is 12.5. The maximum atomic E-state index is 2.94. The Labute approximate surface area is 163 Å². The van der Waals surface area contributed by atoms with E-state index in [1.54, 1.807) is 63.9 Å². The van der Waals surface area contributed by atoms with Crippen LogP contribution in [0.15, 0.2) is 11.6 Å². The third kappa shape index (κ3) is 2.88. The summed E-state index contributed by atoms with van der Waals surface area (Å²) in [6.45, 7) is 7.77. The Kier molecular flexibility index (Phi) is 4.63. The molecule has 4 fully saturated rings. The van der Waals surface area contributed by atoms with Gasteiger partial charge in [-0.1, -0.05) is 59.6 Å². The second-order valence-electron chi connectivity index (χ2n) is 11.4. The zero-order valence-electron chi connectivity index (χ0n) is 17.6. The first-order valence-corrected chi connectivity index (χ1v) is 13.5. The van der Waals surface area contributed by atoms with Gasteiger partial charge in [0.1, 0.15) is 0 Å². The number of hydrogen-bond donors (Lipinski definition) is 0. The van der Waals surface area contributed by atoms with Crippen LogP contribution in [0.4, 0.5) is 0 Å². The molecular formula is C25H41P. The van der Waals surface area contributed by atoms with E-state index in [2.05, 4.69) is 26.8 Å². The van der Waals surface area contributed by atoms with Gasteiger partial charge in [0.25, 0.3) is 0 Å². The van der Waals surface area contributed by atoms with E-state index in [-0.39, 0.29) is 7.92 Å². The molecule has 26 heavy (non-hydrogen) atoms. The SMILES string of the molecule is CCCCP(C1(C)C=C2CC3CC(CC23)C1)C12CCCC(CC(C)C1)C2. The van der Waals surface area contributed by atoms with E-state index in [0.717, 1.165) is 34.7 Å². The molecule has 5 aliphatic carbocycles. The minimum Gasteiger partial charge on any atom is -0.0903 e. The second kappa shape index (κ2) is 6.61. The van der Waals surface area contributed by atoms with Crippen molar-refractivity contribution in [1.29, 1.82) is 0 Å². The summed E-state index contributed by atoms with van der Waals surface area (Å²) in [6.07, 6.45) is 23.0. The third-order valence-electron chi connectivity index (χ3n) is 9.28. The maximum Gasteiger partial charge on any atom is 0.00659 e. The summed E-state index contributed by atoms with van der Waals surface area (Å²) in [5.74, 6) is 5.27. The molecule has 0 N–H and O–H groups in total. The topological polar surface area (TPSA) is 0 Å². The molecule has 0 nitrogen and oxygen atoms in total. The Balaban J connectivity index is 1.51. The summed E-state index contributed by atoms with van der Waals surface area (Å²) < 4.78 is 0. The maximum absolute atomic E-state index is 2.94. The van der Waals surface area contributed by atoms with Crippen LogP contribution < -0.4 is 0 Å². The number of fused-ring (bicyclic) bond motifs is 3. The zero-order chi connectivity index (χ0) is 17.9. The molecule has 0 aromatic heterocycles. The fourth-order valence-corrected chi connectivity index (χ4v) is 13.6. The molecule has 4 saturated carbocycles. The Morgan fingerprint density at radius 2 is 2.00 bits per heavy atom. The van der Waals surface area contributed by atoms with E-state index in [1.165, 1.54) is 19.3 Å². The van der Waals surface area contributed by atoms with Gasteiger partial charge in [-0.2, -0.15) is 0 Å². The lowest BCUT2D eigenvalue weighted by Crippen LogP contribution is -2.46. The highest BCUT2D eigenvalue weighted by Crippen LogP contribution is 2.73. The van der Waals surface area contributed by atoms with Gasteiger partial charge >= 0.3 is 0 Å². The van der Waals surface area contributed by atoms with Crippen molar-refractivity contribution in [3.8, 4) is 0 Å². The summed E-state index contributed by atoms with van der Waals surface area (Å²) in [7, 11) is 0.122. The van der Waals surface area contributed by atoms with Crippen LogP contribution in [0.3, 0.4) is 0 Å². The van der Waals surface area contributed by atoms with Crippen molar-refractivity contribution < 1.29 is 0 Å². The van der Waals surface area contributed by atoms with Gasteiger partial charge in [0.05, 0.1) is 0 Å². The molecule has 8 unspecified atom stereocenters. The monoisotopic (exact) mass is 372 g/mol. The van der Waals surface area contributed by atoms with Gasteiger partial charge in [-0.15, -0.1) is 0 Å². The number of allylic oxidation sites excluding steroid dienone is 2. The molecule has 146 valence electrons. The summed E-state index contributed by atoms with van der Waals surface area (Å²) >= 11 is 0. The highest BCUT2D eigenvalue weighted by Gasteiger charge is 2.55. The lowest BCUT2D eigenvalue weighted by Gasteiger charge is -2.57. The minimum absolute atomic E-state index is 0.122. The van der Waals surface area contributed by atoms with Gasteiger partial charge in [0, 0.05) is 5.16 Å². The molecule has 0 radical (unpaired) electrons. The average molecular weight is 373 g/mol. The van der Waals surface area contributed by atoms with E-state index in [4.69, 9.17) is 0 Å². The van der Waals surface area contributed by atoms with Crippen molar-refractivity contribution in [2.24, 2.45) is 29.6 Å². The van der Waals surface area contributed by atoms with Crippen LogP contribution in [0.25, 0.3) is 0 Å². The zero-order valence-corrected chi connectivity index (χ0v) is 18.5. The van der Waals surface area contributed by atoms with Crippen molar-refractivity contribution >= 4 is 7.92 Å². The Morgan fingerprint density at radius 3 is 2.85 bits per heavy atom. The fourth-order valence-electron chi connectivity index (χ4n) is 8.63. The van der Waals surface area contributed by atoms with Crippen LogP contribution in [0.1, 0.15) is 97.8 Å². The molecule has 0 saturated heterocycles. The molecule has 0 spiro atoms. The Morgan fingerprint density at radius 1 is 1.12 bits per heavy atom. The predicted octanol–water partition coefficient (Wildman–Crippen LogP) is 7.76. The highest BCUT2D eigenvalue weighted by molar-refractivity contribution is 7.61. The smallest absolute Gasteiger partial charge is 0.00659 e. The summed E-state index contributed by atoms with van der Waals surface area (Å²) in [4.78, 5) is 0. The normalized spacial score (nSPS) is 50.6. The van der Waals surface area contributed by atoms with Crippen LogP contribution in [-0.2, 0) is 0 Å². The molecular weight excluding hydrogens is 331 g/mol. The lowest BCUT2D eigenvalue weighted by molar-refractivity contribution is 0.164. The molecule has 5 rings (SSSR count). The van der Waals surface area contributed by atoms with Crippen molar-refractivity contribution in [1.82, 2.24) is 0 Å². The predicted molar refractivity (Wildman–Crippen MR) is 115 cm³/mol. The van der Waals surface area contributed by atoms with Gasteiger partial charge in [-0.25, -0.2) is 0 Å². The van der Waals surface area contributed by atoms with E-state index in [1.807, 2.05) is 5.57 Å². The Bertz CT molecular complexity index is 575. The molecule has 1 heteroatoms. The van der Waals surface area contributed by atoms with Gasteiger partial charge in [-0.3, -0.25) is 0 Å². The fraction of sp³-hybridized carbons (Fsp3) is 0.920. The third-order valence-corrected chi connectivity index (χ3v) is 13.3. The lowest BCUT2D eigenvalue weighted by atomic mass is 9.68. The Hall–Kier alpha value is 0.170. The van der Waals surface area contributed by atoms with Crippen LogP contribution in [-0.4, -0.2) is 16.5 Å². The van der Waals surface area contributed by atoms with E-state index in [9.17, 15) is 0 Å². The molecule has 0 aliphatic heterocycles. The van der Waals surface area contributed by atoms with Crippen LogP contribution in [0, 0.1) is 29.6 Å². The first kappa shape index (κ1) is 18.2. The van der Waals surface area contributed by atoms with Crippen LogP contribution in [0.5, 0.6) is 0 Å². The second-order valence-corrected chi connectivity index (χ2v) is 14.7. The quantitative estimate of drug-likeness (QED) is 0.341. The summed E-state index contributed by atoms with van der Waals surface area (Å²) in [5, 5.41) is 1.33. The van der Waals surface area contributed by atoms with Crippen molar-refractivity contribution in [3.05, 3.63) is 11.6 Å². The van der Waals surface area contributed by atoms with Gasteiger partial charge in [0.2, 0.25) is 0 Å². The number of rotatable bonds is 5. The van der Waals surface area contributed by atoms with Gasteiger partial charge in [0.15, 0.2) is 0 Å². The molecule has 8 atom stereocenters. The summed E-state index contributed by atoms with van der Waals surface area (Å²) in [5.41, 5.74) is 1.93.